The predicted molar refractivity (Wildman–Crippen MR) is 74.8 cm³/mol. The number of aliphatic hydroxyl groups excluding tert-OH is 1. The Labute approximate surface area is 114 Å². The van der Waals surface area contributed by atoms with Crippen LogP contribution in [0.15, 0.2) is 24.3 Å². The van der Waals surface area contributed by atoms with Crippen molar-refractivity contribution in [2.45, 2.75) is 38.3 Å². The first-order valence-corrected chi connectivity index (χ1v) is 7.05. The van der Waals surface area contributed by atoms with Gasteiger partial charge in [-0.05, 0) is 43.5 Å². The lowest BCUT2D eigenvalue weighted by atomic mass is 10.3. The van der Waals surface area contributed by atoms with Crippen molar-refractivity contribution in [1.29, 1.82) is 0 Å². The molecule has 19 heavy (non-hydrogen) atoms. The van der Waals surface area contributed by atoms with E-state index >= 15 is 0 Å². The maximum atomic E-state index is 9.75. The molecule has 1 aromatic carbocycles. The van der Waals surface area contributed by atoms with E-state index in [0.717, 1.165) is 24.5 Å². The zero-order chi connectivity index (χ0) is 13.5. The van der Waals surface area contributed by atoms with E-state index in [4.69, 9.17) is 9.47 Å². The molecule has 1 aliphatic rings. The molecule has 1 aromatic rings. The highest BCUT2D eigenvalue weighted by Gasteiger charge is 2.21. The van der Waals surface area contributed by atoms with Crippen LogP contribution in [0.4, 0.5) is 0 Å². The number of aliphatic hydroxyl groups is 1. The van der Waals surface area contributed by atoms with Crippen LogP contribution in [0.1, 0.15) is 26.2 Å². The van der Waals surface area contributed by atoms with Crippen molar-refractivity contribution in [3.05, 3.63) is 24.3 Å². The lowest BCUT2D eigenvalue weighted by molar-refractivity contribution is 0.106. The minimum Gasteiger partial charge on any atom is -0.494 e. The number of hydrogen-bond donors (Lipinski definition) is 2. The molecular weight excluding hydrogens is 242 g/mol. The molecule has 2 N–H and O–H groups in total. The Morgan fingerprint density at radius 1 is 1.21 bits per heavy atom. The Kier molecular flexibility index (Phi) is 5.48. The largest absolute Gasteiger partial charge is 0.494 e. The molecule has 1 unspecified atom stereocenters. The van der Waals surface area contributed by atoms with E-state index in [1.54, 1.807) is 0 Å². The van der Waals surface area contributed by atoms with Gasteiger partial charge >= 0.3 is 0 Å². The molecule has 1 aliphatic carbocycles. The summed E-state index contributed by atoms with van der Waals surface area (Å²) in [5.74, 6) is 1.61. The van der Waals surface area contributed by atoms with Crippen molar-refractivity contribution in [3.63, 3.8) is 0 Å². The van der Waals surface area contributed by atoms with E-state index in [-0.39, 0.29) is 0 Å². The summed E-state index contributed by atoms with van der Waals surface area (Å²) in [5.41, 5.74) is 0. The highest BCUT2D eigenvalue weighted by atomic mass is 16.5. The van der Waals surface area contributed by atoms with Gasteiger partial charge in [-0.2, -0.15) is 0 Å². The van der Waals surface area contributed by atoms with Gasteiger partial charge in [0.2, 0.25) is 0 Å². The Morgan fingerprint density at radius 3 is 2.42 bits per heavy atom. The molecule has 0 saturated heterocycles. The van der Waals surface area contributed by atoms with E-state index in [1.165, 1.54) is 12.8 Å². The minimum atomic E-state index is -0.461. The molecule has 1 atom stereocenters. The smallest absolute Gasteiger partial charge is 0.119 e. The van der Waals surface area contributed by atoms with Crippen LogP contribution in [0.25, 0.3) is 0 Å². The Hall–Kier alpha value is -1.26. The second-order valence-electron chi connectivity index (χ2n) is 4.97. The second-order valence-corrected chi connectivity index (χ2v) is 4.97. The van der Waals surface area contributed by atoms with Crippen molar-refractivity contribution in [2.75, 3.05) is 19.8 Å². The zero-order valence-electron chi connectivity index (χ0n) is 11.5. The van der Waals surface area contributed by atoms with Gasteiger partial charge in [-0.3, -0.25) is 0 Å². The summed E-state index contributed by atoms with van der Waals surface area (Å²) in [6.07, 6.45) is 2.99. The first kappa shape index (κ1) is 14.2. The number of hydrogen-bond acceptors (Lipinski definition) is 4. The number of ether oxygens (including phenoxy) is 2. The van der Waals surface area contributed by atoms with Gasteiger partial charge in [0.25, 0.3) is 0 Å². The topological polar surface area (TPSA) is 50.7 Å². The Bertz CT molecular complexity index is 362. The van der Waals surface area contributed by atoms with E-state index in [0.29, 0.717) is 19.2 Å². The molecule has 0 spiro atoms. The van der Waals surface area contributed by atoms with E-state index in [2.05, 4.69) is 12.2 Å². The standard InChI is InChI=1S/C15H23NO3/c1-2-9-18-14-5-7-15(8-6-14)19-11-13(17)10-16-12-3-4-12/h5-8,12-13,16-17H,2-4,9-11H2,1H3. The molecule has 2 rings (SSSR count). The van der Waals surface area contributed by atoms with Gasteiger partial charge in [0.15, 0.2) is 0 Å². The summed E-state index contributed by atoms with van der Waals surface area (Å²) < 4.78 is 11.0. The van der Waals surface area contributed by atoms with E-state index in [9.17, 15) is 5.11 Å². The van der Waals surface area contributed by atoms with Crippen LogP contribution in [0, 0.1) is 0 Å². The van der Waals surface area contributed by atoms with Crippen LogP contribution >= 0.6 is 0 Å². The summed E-state index contributed by atoms with van der Waals surface area (Å²) in [4.78, 5) is 0. The molecule has 4 nitrogen and oxygen atoms in total. The lowest BCUT2D eigenvalue weighted by Gasteiger charge is -2.13. The highest BCUT2D eigenvalue weighted by molar-refractivity contribution is 5.31. The van der Waals surface area contributed by atoms with Gasteiger partial charge in [0.05, 0.1) is 6.61 Å². The molecule has 0 radical (unpaired) electrons. The SMILES string of the molecule is CCCOc1ccc(OCC(O)CNC2CC2)cc1. The van der Waals surface area contributed by atoms with Gasteiger partial charge in [-0.15, -0.1) is 0 Å². The summed E-state index contributed by atoms with van der Waals surface area (Å²) in [7, 11) is 0. The fourth-order valence-electron chi connectivity index (χ4n) is 1.69. The van der Waals surface area contributed by atoms with Crippen molar-refractivity contribution >= 4 is 0 Å². The van der Waals surface area contributed by atoms with Crippen molar-refractivity contribution < 1.29 is 14.6 Å². The molecule has 0 amide bonds. The van der Waals surface area contributed by atoms with Crippen LogP contribution in [0.3, 0.4) is 0 Å². The van der Waals surface area contributed by atoms with E-state index in [1.807, 2.05) is 24.3 Å². The van der Waals surface area contributed by atoms with Crippen molar-refractivity contribution in [3.8, 4) is 11.5 Å². The summed E-state index contributed by atoms with van der Waals surface area (Å²) in [6.45, 7) is 3.72. The first-order valence-electron chi connectivity index (χ1n) is 7.05. The Morgan fingerprint density at radius 2 is 1.84 bits per heavy atom. The summed E-state index contributed by atoms with van der Waals surface area (Å²) in [5, 5.41) is 13.0. The fraction of sp³-hybridized carbons (Fsp3) is 0.600. The number of nitrogens with one attached hydrogen (secondary N) is 1. The van der Waals surface area contributed by atoms with Crippen LogP contribution in [-0.2, 0) is 0 Å². The van der Waals surface area contributed by atoms with Crippen molar-refractivity contribution in [1.82, 2.24) is 5.32 Å². The number of benzene rings is 1. The zero-order valence-corrected chi connectivity index (χ0v) is 11.5. The molecule has 0 aliphatic heterocycles. The van der Waals surface area contributed by atoms with Crippen LogP contribution in [-0.4, -0.2) is 37.0 Å². The Balaban J connectivity index is 1.66. The molecule has 4 heteroatoms. The molecule has 0 aromatic heterocycles. The molecule has 1 fully saturated rings. The van der Waals surface area contributed by atoms with Crippen molar-refractivity contribution in [2.24, 2.45) is 0 Å². The second kappa shape index (κ2) is 7.36. The lowest BCUT2D eigenvalue weighted by Crippen LogP contribution is -2.32. The van der Waals surface area contributed by atoms with Gasteiger partial charge in [-0.1, -0.05) is 6.92 Å². The third-order valence-corrected chi connectivity index (χ3v) is 2.96. The van der Waals surface area contributed by atoms with Crippen LogP contribution < -0.4 is 14.8 Å². The van der Waals surface area contributed by atoms with E-state index < -0.39 is 6.10 Å². The third kappa shape index (κ3) is 5.49. The quantitative estimate of drug-likeness (QED) is 0.716. The summed E-state index contributed by atoms with van der Waals surface area (Å²) in [6, 6.07) is 8.13. The monoisotopic (exact) mass is 265 g/mol. The normalized spacial score (nSPS) is 16.1. The molecule has 0 heterocycles. The average Bonchev–Trinajstić information content (AvgIpc) is 3.26. The van der Waals surface area contributed by atoms with Gasteiger partial charge in [-0.25, -0.2) is 0 Å². The first-order chi connectivity index (χ1) is 9.28. The van der Waals surface area contributed by atoms with Gasteiger partial charge in [0, 0.05) is 12.6 Å². The maximum Gasteiger partial charge on any atom is 0.119 e. The molecular formula is C15H23NO3. The number of rotatable bonds is 9. The highest BCUT2D eigenvalue weighted by Crippen LogP contribution is 2.19. The third-order valence-electron chi connectivity index (χ3n) is 2.96. The maximum absolute atomic E-state index is 9.75. The van der Waals surface area contributed by atoms with Crippen LogP contribution in [0.5, 0.6) is 11.5 Å². The molecule has 0 bridgehead atoms. The average molecular weight is 265 g/mol. The van der Waals surface area contributed by atoms with Crippen LogP contribution in [0.2, 0.25) is 0 Å². The predicted octanol–water partition coefficient (Wildman–Crippen LogP) is 1.97. The van der Waals surface area contributed by atoms with Gasteiger partial charge in [0.1, 0.15) is 24.2 Å². The minimum absolute atomic E-state index is 0.314. The molecule has 106 valence electrons. The molecule has 1 saturated carbocycles. The van der Waals surface area contributed by atoms with Gasteiger partial charge < -0.3 is 19.9 Å². The summed E-state index contributed by atoms with van der Waals surface area (Å²) >= 11 is 0. The fourth-order valence-corrected chi connectivity index (χ4v) is 1.69.